The molecule has 0 saturated carbocycles. The van der Waals surface area contributed by atoms with Gasteiger partial charge in [0, 0.05) is 23.1 Å². The summed E-state index contributed by atoms with van der Waals surface area (Å²) in [5.74, 6) is 0.217. The van der Waals surface area contributed by atoms with Crippen molar-refractivity contribution in [2.24, 2.45) is 0 Å². The van der Waals surface area contributed by atoms with E-state index in [9.17, 15) is 17.2 Å². The van der Waals surface area contributed by atoms with Gasteiger partial charge in [0.1, 0.15) is 4.21 Å². The number of fused-ring (bicyclic) bond motifs is 1. The second-order valence-corrected chi connectivity index (χ2v) is 9.16. The van der Waals surface area contributed by atoms with Crippen molar-refractivity contribution in [3.05, 3.63) is 45.9 Å². The average Bonchev–Trinajstić information content (AvgIpc) is 3.14. The summed E-state index contributed by atoms with van der Waals surface area (Å²) in [6.07, 6.45) is -1.36. The third-order valence-electron chi connectivity index (χ3n) is 4.27. The maximum absolute atomic E-state index is 13.2. The van der Waals surface area contributed by atoms with E-state index in [1.165, 1.54) is 18.3 Å². The molecule has 0 aliphatic carbocycles. The van der Waals surface area contributed by atoms with Crippen molar-refractivity contribution in [1.82, 2.24) is 4.98 Å². The lowest BCUT2D eigenvalue weighted by molar-refractivity contribution is 0.00854. The molecule has 0 amide bonds. The van der Waals surface area contributed by atoms with E-state index in [4.69, 9.17) is 16.3 Å². The van der Waals surface area contributed by atoms with E-state index >= 15 is 0 Å². The van der Waals surface area contributed by atoms with Gasteiger partial charge in [0.25, 0.3) is 16.4 Å². The number of H-pyrrole nitrogens is 1. The van der Waals surface area contributed by atoms with Gasteiger partial charge >= 0.3 is 0 Å². The Bertz CT molecular complexity index is 1070. The van der Waals surface area contributed by atoms with Crippen LogP contribution in [0.3, 0.4) is 0 Å². The first-order valence-electron chi connectivity index (χ1n) is 7.63. The molecule has 10 heteroatoms. The lowest BCUT2D eigenvalue weighted by Gasteiger charge is -2.24. The number of thiophene rings is 1. The molecule has 1 saturated heterocycles. The smallest absolute Gasteiger partial charge is 0.271 e. The molecular weight excluding hydrogens is 406 g/mol. The number of benzene rings is 1. The summed E-state index contributed by atoms with van der Waals surface area (Å²) in [4.78, 5) is 2.76. The predicted molar refractivity (Wildman–Crippen MR) is 97.0 cm³/mol. The fraction of sp³-hybridized carbons (Fsp3) is 0.250. The molecule has 0 bridgehead atoms. The van der Waals surface area contributed by atoms with Gasteiger partial charge in [0.05, 0.1) is 29.4 Å². The Morgan fingerprint density at radius 3 is 2.77 bits per heavy atom. The van der Waals surface area contributed by atoms with Gasteiger partial charge in [-0.3, -0.25) is 4.72 Å². The molecule has 1 aromatic carbocycles. The van der Waals surface area contributed by atoms with Crippen molar-refractivity contribution in [1.29, 1.82) is 0 Å². The first kappa shape index (κ1) is 17.7. The van der Waals surface area contributed by atoms with Gasteiger partial charge in [-0.2, -0.15) is 0 Å². The summed E-state index contributed by atoms with van der Waals surface area (Å²) in [5, 5.41) is 2.02. The van der Waals surface area contributed by atoms with Gasteiger partial charge in [0.2, 0.25) is 0 Å². The SMILES string of the molecule is O=S(=O)(Nc1ccc(C(F)F)c2c(Cl)c[nH]c12)c1cc(C2COC2)cs1. The van der Waals surface area contributed by atoms with Crippen molar-refractivity contribution in [2.75, 3.05) is 17.9 Å². The molecule has 1 aliphatic rings. The van der Waals surface area contributed by atoms with E-state index in [2.05, 4.69) is 9.71 Å². The zero-order valence-electron chi connectivity index (χ0n) is 13.1. The van der Waals surface area contributed by atoms with Crippen LogP contribution in [0.5, 0.6) is 0 Å². The van der Waals surface area contributed by atoms with Crippen LogP contribution in [0, 0.1) is 0 Å². The monoisotopic (exact) mass is 418 g/mol. The quantitative estimate of drug-likeness (QED) is 0.629. The molecule has 5 nitrogen and oxygen atoms in total. The van der Waals surface area contributed by atoms with Crippen LogP contribution >= 0.6 is 22.9 Å². The Kier molecular flexibility index (Phi) is 4.42. The second-order valence-electron chi connectivity index (χ2n) is 5.93. The minimum atomic E-state index is -3.85. The fourth-order valence-electron chi connectivity index (χ4n) is 2.81. The first-order chi connectivity index (χ1) is 12.4. The number of hydrogen-bond donors (Lipinski definition) is 2. The zero-order chi connectivity index (χ0) is 18.5. The normalized spacial score (nSPS) is 15.5. The van der Waals surface area contributed by atoms with Gasteiger partial charge in [-0.15, -0.1) is 11.3 Å². The minimum Gasteiger partial charge on any atom is -0.380 e. The number of rotatable bonds is 5. The lowest BCUT2D eigenvalue weighted by atomic mass is 10.0. The molecule has 0 spiro atoms. The van der Waals surface area contributed by atoms with Crippen LogP contribution in [0.1, 0.15) is 23.5 Å². The minimum absolute atomic E-state index is 0.111. The third kappa shape index (κ3) is 2.98. The number of aromatic nitrogens is 1. The van der Waals surface area contributed by atoms with Crippen LogP contribution in [0.4, 0.5) is 14.5 Å². The molecule has 2 N–H and O–H groups in total. The molecular formula is C16H13ClF2N2O3S2. The highest BCUT2D eigenvalue weighted by Gasteiger charge is 2.26. The van der Waals surface area contributed by atoms with Crippen LogP contribution in [0.15, 0.2) is 34.0 Å². The van der Waals surface area contributed by atoms with Crippen LogP contribution < -0.4 is 4.72 Å². The molecule has 0 unspecified atom stereocenters. The van der Waals surface area contributed by atoms with Crippen LogP contribution in [0.2, 0.25) is 5.02 Å². The van der Waals surface area contributed by atoms with E-state index in [1.807, 2.05) is 0 Å². The van der Waals surface area contributed by atoms with Crippen LogP contribution in [-0.2, 0) is 14.8 Å². The first-order valence-corrected chi connectivity index (χ1v) is 10.4. The van der Waals surface area contributed by atoms with Crippen molar-refractivity contribution < 1.29 is 21.9 Å². The summed E-state index contributed by atoms with van der Waals surface area (Å²) in [6.45, 7) is 1.17. The number of nitrogens with one attached hydrogen (secondary N) is 2. The van der Waals surface area contributed by atoms with Crippen LogP contribution in [0.25, 0.3) is 10.9 Å². The van der Waals surface area contributed by atoms with E-state index in [-0.39, 0.29) is 37.3 Å². The summed E-state index contributed by atoms with van der Waals surface area (Å²) in [6, 6.07) is 4.10. The number of anilines is 1. The van der Waals surface area contributed by atoms with Crippen molar-refractivity contribution in [3.8, 4) is 0 Å². The molecule has 138 valence electrons. The number of hydrogen-bond acceptors (Lipinski definition) is 4. The zero-order valence-corrected chi connectivity index (χ0v) is 15.5. The Labute approximate surface area is 157 Å². The molecule has 1 fully saturated rings. The highest BCUT2D eigenvalue weighted by Crippen LogP contribution is 2.38. The maximum atomic E-state index is 13.2. The fourth-order valence-corrected chi connectivity index (χ4v) is 5.41. The van der Waals surface area contributed by atoms with Crippen molar-refractivity contribution >= 4 is 49.6 Å². The van der Waals surface area contributed by atoms with Gasteiger partial charge in [-0.25, -0.2) is 17.2 Å². The Morgan fingerprint density at radius 1 is 1.35 bits per heavy atom. The predicted octanol–water partition coefficient (Wildman–Crippen LogP) is 4.74. The second kappa shape index (κ2) is 6.49. The Morgan fingerprint density at radius 2 is 2.12 bits per heavy atom. The molecule has 4 rings (SSSR count). The number of halogens is 3. The molecule has 2 aromatic heterocycles. The summed E-state index contributed by atoms with van der Waals surface area (Å²) in [5.41, 5.74) is 1.05. The Balaban J connectivity index is 1.70. The summed E-state index contributed by atoms with van der Waals surface area (Å²) >= 11 is 7.10. The number of alkyl halides is 2. The van der Waals surface area contributed by atoms with Gasteiger partial charge in [-0.1, -0.05) is 17.7 Å². The van der Waals surface area contributed by atoms with Crippen LogP contribution in [-0.4, -0.2) is 26.6 Å². The van der Waals surface area contributed by atoms with Crippen molar-refractivity contribution in [2.45, 2.75) is 16.6 Å². The summed E-state index contributed by atoms with van der Waals surface area (Å²) < 4.78 is 59.5. The Hall–Kier alpha value is -1.68. The molecule has 3 heterocycles. The number of ether oxygens (including phenoxy) is 1. The van der Waals surface area contributed by atoms with Gasteiger partial charge in [0.15, 0.2) is 0 Å². The summed E-state index contributed by atoms with van der Waals surface area (Å²) in [7, 11) is -3.85. The van der Waals surface area contributed by atoms with Crippen molar-refractivity contribution in [3.63, 3.8) is 0 Å². The van der Waals surface area contributed by atoms with E-state index in [1.54, 1.807) is 11.4 Å². The third-order valence-corrected chi connectivity index (χ3v) is 7.39. The highest BCUT2D eigenvalue weighted by atomic mass is 35.5. The number of aromatic amines is 1. The van der Waals surface area contributed by atoms with Gasteiger partial charge in [-0.05, 0) is 23.1 Å². The molecule has 3 aromatic rings. The molecule has 0 atom stereocenters. The topological polar surface area (TPSA) is 71.2 Å². The molecule has 26 heavy (non-hydrogen) atoms. The number of sulfonamides is 1. The largest absolute Gasteiger partial charge is 0.380 e. The van der Waals surface area contributed by atoms with Gasteiger partial charge < -0.3 is 9.72 Å². The van der Waals surface area contributed by atoms with E-state index in [0.717, 1.165) is 16.9 Å². The highest BCUT2D eigenvalue weighted by molar-refractivity contribution is 7.94. The maximum Gasteiger partial charge on any atom is 0.271 e. The average molecular weight is 419 g/mol. The standard InChI is InChI=1S/C16H13ClF2N2O3S2/c17-11-4-20-15-12(2-1-10(14(11)15)16(18)19)21-26(22,23)13-3-8(7-25-13)9-5-24-6-9/h1-4,7,9,16,20-21H,5-6H2. The molecule has 1 aliphatic heterocycles. The molecule has 0 radical (unpaired) electrons. The van der Waals surface area contributed by atoms with E-state index in [0.29, 0.717) is 13.2 Å². The lowest BCUT2D eigenvalue weighted by Crippen LogP contribution is -2.24. The van der Waals surface area contributed by atoms with E-state index < -0.39 is 16.4 Å².